The van der Waals surface area contributed by atoms with E-state index < -0.39 is 0 Å². The maximum absolute atomic E-state index is 13.1. The largest absolute Gasteiger partial charge is 0.331 e. The average Bonchev–Trinajstić information content (AvgIpc) is 3.32. The molecule has 5 heteroatoms. The second kappa shape index (κ2) is 8.46. The summed E-state index contributed by atoms with van der Waals surface area (Å²) in [5.41, 5.74) is 2.91. The molecule has 5 nitrogen and oxygen atoms in total. The molecule has 0 aromatic heterocycles. The number of aldehydes is 1. The van der Waals surface area contributed by atoms with Crippen LogP contribution >= 0.6 is 0 Å². The van der Waals surface area contributed by atoms with Crippen LogP contribution in [0.4, 0.5) is 0 Å². The van der Waals surface area contributed by atoms with Gasteiger partial charge in [-0.05, 0) is 62.9 Å². The van der Waals surface area contributed by atoms with Gasteiger partial charge in [-0.3, -0.25) is 9.59 Å². The zero-order valence-corrected chi connectivity index (χ0v) is 16.5. The molecule has 1 unspecified atom stereocenters. The van der Waals surface area contributed by atoms with Crippen LogP contribution in [-0.2, 0) is 14.4 Å². The van der Waals surface area contributed by atoms with Gasteiger partial charge in [-0.2, -0.15) is 0 Å². The summed E-state index contributed by atoms with van der Waals surface area (Å²) in [4.78, 5) is 40.8. The second-order valence-electron chi connectivity index (χ2n) is 8.56. The van der Waals surface area contributed by atoms with Crippen molar-refractivity contribution in [1.29, 1.82) is 0 Å². The number of carbonyl (C=O) groups excluding carboxylic acids is 3. The first kappa shape index (κ1) is 19.2. The van der Waals surface area contributed by atoms with Gasteiger partial charge in [-0.1, -0.05) is 29.9 Å². The maximum Gasteiger partial charge on any atom is 0.245 e. The van der Waals surface area contributed by atoms with E-state index in [0.717, 1.165) is 57.7 Å². The van der Waals surface area contributed by atoms with Crippen molar-refractivity contribution in [2.24, 2.45) is 5.92 Å². The summed E-state index contributed by atoms with van der Waals surface area (Å²) in [6.07, 6.45) is 17.3. The third-order valence-electron chi connectivity index (χ3n) is 6.79. The molecule has 0 radical (unpaired) electrons. The lowest BCUT2D eigenvalue weighted by molar-refractivity contribution is -0.145. The number of rotatable bonds is 4. The van der Waals surface area contributed by atoms with Crippen LogP contribution in [0.15, 0.2) is 35.5 Å². The molecule has 0 N–H and O–H groups in total. The van der Waals surface area contributed by atoms with E-state index in [1.54, 1.807) is 9.80 Å². The molecule has 2 fully saturated rings. The van der Waals surface area contributed by atoms with Gasteiger partial charge in [0.1, 0.15) is 12.3 Å². The fourth-order valence-electron chi connectivity index (χ4n) is 5.24. The Labute approximate surface area is 167 Å². The van der Waals surface area contributed by atoms with Crippen molar-refractivity contribution in [1.82, 2.24) is 9.80 Å². The molecular weight excluding hydrogens is 352 g/mol. The van der Waals surface area contributed by atoms with E-state index in [2.05, 4.69) is 24.3 Å². The minimum atomic E-state index is -0.367. The first-order chi connectivity index (χ1) is 13.7. The molecule has 150 valence electrons. The van der Waals surface area contributed by atoms with Crippen LogP contribution in [-0.4, -0.2) is 53.1 Å². The number of likely N-dealkylation sites (tertiary alicyclic amines) is 2. The van der Waals surface area contributed by atoms with Gasteiger partial charge in [0.25, 0.3) is 0 Å². The van der Waals surface area contributed by atoms with E-state index in [-0.39, 0.29) is 23.9 Å². The third-order valence-corrected chi connectivity index (χ3v) is 6.79. The Hall–Kier alpha value is -2.17. The van der Waals surface area contributed by atoms with Gasteiger partial charge < -0.3 is 14.6 Å². The second-order valence-corrected chi connectivity index (χ2v) is 8.56. The first-order valence-electron chi connectivity index (χ1n) is 10.8. The Morgan fingerprint density at radius 3 is 2.75 bits per heavy atom. The molecule has 0 aromatic carbocycles. The molecule has 0 saturated carbocycles. The zero-order chi connectivity index (χ0) is 19.5. The number of carbonyl (C=O) groups is 3. The van der Waals surface area contributed by atoms with Gasteiger partial charge in [0.2, 0.25) is 11.8 Å². The maximum atomic E-state index is 13.1. The highest BCUT2D eigenvalue weighted by atomic mass is 16.2. The normalized spacial score (nSPS) is 29.8. The Balaban J connectivity index is 1.38. The highest BCUT2D eigenvalue weighted by molar-refractivity contribution is 5.90. The Morgan fingerprint density at radius 1 is 1.07 bits per heavy atom. The quantitative estimate of drug-likeness (QED) is 0.702. The molecule has 28 heavy (non-hydrogen) atoms. The van der Waals surface area contributed by atoms with Crippen LogP contribution in [0.1, 0.15) is 57.8 Å². The molecular formula is C23H30N2O3. The van der Waals surface area contributed by atoms with Crippen LogP contribution in [0, 0.1) is 5.92 Å². The first-order valence-corrected chi connectivity index (χ1v) is 10.8. The molecule has 0 aromatic rings. The van der Waals surface area contributed by atoms with Crippen LogP contribution in [0.3, 0.4) is 0 Å². The lowest BCUT2D eigenvalue weighted by atomic mass is 9.81. The van der Waals surface area contributed by atoms with Crippen molar-refractivity contribution in [2.75, 3.05) is 13.1 Å². The molecule has 0 bridgehead atoms. The monoisotopic (exact) mass is 382 g/mol. The fraction of sp³-hybridized carbons (Fsp3) is 0.609. The summed E-state index contributed by atoms with van der Waals surface area (Å²) in [5.74, 6) is 0.453. The molecule has 3 atom stereocenters. The smallest absolute Gasteiger partial charge is 0.245 e. The Morgan fingerprint density at radius 2 is 1.89 bits per heavy atom. The number of amides is 2. The van der Waals surface area contributed by atoms with Crippen LogP contribution < -0.4 is 0 Å². The molecule has 2 aliphatic carbocycles. The van der Waals surface area contributed by atoms with Gasteiger partial charge in [0.05, 0.1) is 6.04 Å². The molecule has 2 heterocycles. The molecule has 2 saturated heterocycles. The van der Waals surface area contributed by atoms with Gasteiger partial charge in [-0.15, -0.1) is 0 Å². The summed E-state index contributed by atoms with van der Waals surface area (Å²) < 4.78 is 0. The van der Waals surface area contributed by atoms with Gasteiger partial charge in [0, 0.05) is 19.5 Å². The zero-order valence-electron chi connectivity index (χ0n) is 16.5. The minimum Gasteiger partial charge on any atom is -0.331 e. The van der Waals surface area contributed by atoms with Crippen molar-refractivity contribution < 1.29 is 14.4 Å². The molecule has 2 amide bonds. The number of hydrogen-bond donors (Lipinski definition) is 0. The van der Waals surface area contributed by atoms with Crippen LogP contribution in [0.2, 0.25) is 0 Å². The van der Waals surface area contributed by atoms with Crippen LogP contribution in [0.5, 0.6) is 0 Å². The van der Waals surface area contributed by atoms with Crippen molar-refractivity contribution in [2.45, 2.75) is 69.9 Å². The summed E-state index contributed by atoms with van der Waals surface area (Å²) >= 11 is 0. The molecule has 4 rings (SSSR count). The van der Waals surface area contributed by atoms with Gasteiger partial charge >= 0.3 is 0 Å². The molecule has 4 aliphatic rings. The van der Waals surface area contributed by atoms with E-state index in [1.165, 1.54) is 11.1 Å². The summed E-state index contributed by atoms with van der Waals surface area (Å²) in [6, 6.07) is -0.669. The van der Waals surface area contributed by atoms with Crippen molar-refractivity contribution >= 4 is 18.1 Å². The van der Waals surface area contributed by atoms with Gasteiger partial charge in [0.15, 0.2) is 0 Å². The molecule has 2 aliphatic heterocycles. The van der Waals surface area contributed by atoms with E-state index in [0.29, 0.717) is 25.4 Å². The van der Waals surface area contributed by atoms with Gasteiger partial charge in [-0.25, -0.2) is 0 Å². The summed E-state index contributed by atoms with van der Waals surface area (Å²) in [7, 11) is 0. The topological polar surface area (TPSA) is 57.7 Å². The highest BCUT2D eigenvalue weighted by Gasteiger charge is 2.40. The highest BCUT2D eigenvalue weighted by Crippen LogP contribution is 2.36. The van der Waals surface area contributed by atoms with E-state index in [1.807, 2.05) is 0 Å². The van der Waals surface area contributed by atoms with E-state index >= 15 is 0 Å². The standard InChI is InChI=1S/C23H30N2O3/c26-16-20-8-4-12-24(20)23(28)21-9-5-13-25(21)22(27)15-17-10-11-18-6-2-1-3-7-19(18)14-17/h1-3,7,16-17,20-21H,4-6,8-15H2/t17?,20-,21-/m0/s1. The molecule has 0 spiro atoms. The van der Waals surface area contributed by atoms with Crippen molar-refractivity contribution in [3.05, 3.63) is 35.5 Å². The predicted octanol–water partition coefficient (Wildman–Crippen LogP) is 3.17. The summed E-state index contributed by atoms with van der Waals surface area (Å²) in [5, 5.41) is 0. The van der Waals surface area contributed by atoms with Crippen molar-refractivity contribution in [3.63, 3.8) is 0 Å². The van der Waals surface area contributed by atoms with Crippen LogP contribution in [0.25, 0.3) is 0 Å². The lowest BCUT2D eigenvalue weighted by Crippen LogP contribution is -2.49. The third kappa shape index (κ3) is 3.85. The van der Waals surface area contributed by atoms with Crippen molar-refractivity contribution in [3.8, 4) is 0 Å². The fourth-order valence-corrected chi connectivity index (χ4v) is 5.24. The number of allylic oxidation sites excluding steroid dienone is 6. The lowest BCUT2D eigenvalue weighted by Gasteiger charge is -2.31. The predicted molar refractivity (Wildman–Crippen MR) is 107 cm³/mol. The number of nitrogens with zero attached hydrogens (tertiary/aromatic N) is 2. The SMILES string of the molecule is O=C[C@@H]1CCCN1C(=O)[C@@H]1CCCN1C(=O)CC1CCC2=C(C=CC=CC2)C1. The van der Waals surface area contributed by atoms with E-state index in [4.69, 9.17) is 0 Å². The minimum absolute atomic E-state index is 0.0214. The average molecular weight is 383 g/mol. The Bertz CT molecular complexity index is 736. The summed E-state index contributed by atoms with van der Waals surface area (Å²) in [6.45, 7) is 1.31. The Kier molecular flexibility index (Phi) is 5.79. The number of hydrogen-bond acceptors (Lipinski definition) is 3. The van der Waals surface area contributed by atoms with E-state index in [9.17, 15) is 14.4 Å².